The van der Waals surface area contributed by atoms with Gasteiger partial charge in [0, 0.05) is 41.1 Å². The van der Waals surface area contributed by atoms with E-state index in [1.165, 1.54) is 56.6 Å². The van der Waals surface area contributed by atoms with Crippen molar-refractivity contribution in [3.8, 4) is 22.3 Å². The van der Waals surface area contributed by atoms with E-state index in [0.717, 1.165) is 49.9 Å². The molecule has 0 bridgehead atoms. The van der Waals surface area contributed by atoms with E-state index in [4.69, 9.17) is 9.47 Å². The topological polar surface area (TPSA) is 21.7 Å². The Balaban J connectivity index is 1.35. The van der Waals surface area contributed by atoms with Crippen molar-refractivity contribution in [3.63, 3.8) is 0 Å². The van der Waals surface area contributed by atoms with Gasteiger partial charge in [0.25, 0.3) is 0 Å². The van der Waals surface area contributed by atoms with Crippen molar-refractivity contribution in [1.82, 2.24) is 0 Å². The van der Waals surface area contributed by atoms with Crippen molar-refractivity contribution < 1.29 is 22.6 Å². The van der Waals surface area contributed by atoms with Crippen LogP contribution in [0.25, 0.3) is 22.3 Å². The largest absolute Gasteiger partial charge is 0.416 e. The Bertz CT molecular complexity index is 2130. The molecule has 0 saturated heterocycles. The van der Waals surface area contributed by atoms with Crippen LogP contribution in [0.5, 0.6) is 0 Å². The van der Waals surface area contributed by atoms with Crippen molar-refractivity contribution in [2.75, 3.05) is 31.3 Å². The molecule has 5 aromatic carbocycles. The molecule has 5 aromatic rings. The highest BCUT2D eigenvalue weighted by molar-refractivity contribution is 5.88. The monoisotopic (exact) mass is 741 g/mol. The highest BCUT2D eigenvalue weighted by Crippen LogP contribution is 2.56. The Labute approximate surface area is 324 Å². The lowest BCUT2D eigenvalue weighted by molar-refractivity contribution is -0.137. The van der Waals surface area contributed by atoms with Gasteiger partial charge in [0.05, 0.1) is 18.8 Å². The van der Waals surface area contributed by atoms with Crippen molar-refractivity contribution in [1.29, 1.82) is 0 Å². The summed E-state index contributed by atoms with van der Waals surface area (Å²) in [5.74, 6) is 0. The molecular weight excluding hydrogens is 692 g/mol. The molecule has 2 aliphatic rings. The van der Waals surface area contributed by atoms with E-state index in [-0.39, 0.29) is 10.8 Å². The average molecular weight is 742 g/mol. The van der Waals surface area contributed by atoms with Crippen LogP contribution in [-0.2, 0) is 26.5 Å². The molecule has 0 amide bonds. The standard InChI is InChI=1S/C49H50F3NO2/c1-5-29-54-31-13-11-27-48(28-12-14-32-55-30-6-2)44-18-10-8-16-40(44)42-26-24-38(34-46(42)48)53(36-21-19-35(20-22-36)49(50,51)52)37-23-25-41-39-15-7-9-17-43(39)47(3,4)45(41)33-37/h5-10,15-26,33-34H,1-2,11-14,27-32H2,3-4H3. The maximum atomic E-state index is 13.8. The molecular formula is C49H50F3NO2. The zero-order valence-electron chi connectivity index (χ0n) is 31.9. The summed E-state index contributed by atoms with van der Waals surface area (Å²) in [6.45, 7) is 14.5. The molecule has 0 unspecified atom stereocenters. The Morgan fingerprint density at radius 1 is 0.564 bits per heavy atom. The fourth-order valence-corrected chi connectivity index (χ4v) is 8.92. The highest BCUT2D eigenvalue weighted by Gasteiger charge is 2.43. The lowest BCUT2D eigenvalue weighted by Crippen LogP contribution is -2.26. The van der Waals surface area contributed by atoms with Crippen molar-refractivity contribution in [2.45, 2.75) is 69.4 Å². The number of halogens is 3. The van der Waals surface area contributed by atoms with Crippen LogP contribution in [0.1, 0.15) is 80.2 Å². The SMILES string of the molecule is C=CCOCCCCC1(CCCCOCC=C)c2ccccc2-c2ccc(N(c3ccc(C(F)(F)F)cc3)c3ccc4c(c3)C(C)(C)c3ccccc3-4)cc21. The number of hydrogen-bond acceptors (Lipinski definition) is 3. The van der Waals surface area contributed by atoms with Crippen LogP contribution >= 0.6 is 0 Å². The quantitative estimate of drug-likeness (QED) is 0.0700. The first-order valence-corrected chi connectivity index (χ1v) is 19.4. The fraction of sp³-hybridized carbons (Fsp3) is 0.306. The molecule has 0 heterocycles. The van der Waals surface area contributed by atoms with Gasteiger partial charge < -0.3 is 14.4 Å². The third-order valence-corrected chi connectivity index (χ3v) is 11.5. The number of unbranched alkanes of at least 4 members (excludes halogenated alkanes) is 2. The molecule has 0 aliphatic heterocycles. The Kier molecular flexibility index (Phi) is 11.2. The number of rotatable bonds is 17. The predicted molar refractivity (Wildman–Crippen MR) is 220 cm³/mol. The van der Waals surface area contributed by atoms with Crippen LogP contribution in [0.2, 0.25) is 0 Å². The smallest absolute Gasteiger partial charge is 0.377 e. The summed E-state index contributed by atoms with van der Waals surface area (Å²) in [5, 5.41) is 0. The van der Waals surface area contributed by atoms with Gasteiger partial charge in [-0.15, -0.1) is 13.2 Å². The number of anilines is 3. The van der Waals surface area contributed by atoms with Crippen molar-refractivity contribution >= 4 is 17.1 Å². The van der Waals surface area contributed by atoms with Crippen LogP contribution in [0, 0.1) is 0 Å². The Hall–Kier alpha value is -4.91. The van der Waals surface area contributed by atoms with Crippen LogP contribution < -0.4 is 4.90 Å². The second-order valence-electron chi connectivity index (χ2n) is 15.3. The van der Waals surface area contributed by atoms with Crippen LogP contribution in [0.3, 0.4) is 0 Å². The first-order chi connectivity index (χ1) is 26.6. The molecule has 284 valence electrons. The van der Waals surface area contributed by atoms with Crippen LogP contribution in [-0.4, -0.2) is 26.4 Å². The van der Waals surface area contributed by atoms with Gasteiger partial charge in [-0.25, -0.2) is 0 Å². The summed E-state index contributed by atoms with van der Waals surface area (Å²) < 4.78 is 53.1. The van der Waals surface area contributed by atoms with E-state index in [2.05, 4.69) is 117 Å². The third-order valence-electron chi connectivity index (χ3n) is 11.5. The normalized spacial score (nSPS) is 14.5. The minimum Gasteiger partial charge on any atom is -0.377 e. The molecule has 7 rings (SSSR count). The van der Waals surface area contributed by atoms with Gasteiger partial charge in [-0.3, -0.25) is 0 Å². The zero-order chi connectivity index (χ0) is 38.6. The van der Waals surface area contributed by atoms with E-state index < -0.39 is 11.7 Å². The van der Waals surface area contributed by atoms with Gasteiger partial charge >= 0.3 is 6.18 Å². The van der Waals surface area contributed by atoms with E-state index in [9.17, 15) is 13.2 Å². The summed E-state index contributed by atoms with van der Waals surface area (Å²) >= 11 is 0. The number of nitrogens with zero attached hydrogens (tertiary/aromatic N) is 1. The molecule has 0 atom stereocenters. The molecule has 0 radical (unpaired) electrons. The summed E-state index contributed by atoms with van der Waals surface area (Å²) in [6, 6.07) is 36.0. The van der Waals surface area contributed by atoms with Crippen molar-refractivity contribution in [3.05, 3.63) is 162 Å². The summed E-state index contributed by atoms with van der Waals surface area (Å²) in [5.41, 5.74) is 11.2. The van der Waals surface area contributed by atoms with E-state index in [1.54, 1.807) is 24.3 Å². The Morgan fingerprint density at radius 3 is 1.60 bits per heavy atom. The summed E-state index contributed by atoms with van der Waals surface area (Å²) in [6.07, 6.45) is 4.83. The Morgan fingerprint density at radius 2 is 1.04 bits per heavy atom. The number of hydrogen-bond donors (Lipinski definition) is 0. The minimum atomic E-state index is -4.43. The zero-order valence-corrected chi connectivity index (χ0v) is 31.9. The van der Waals surface area contributed by atoms with Gasteiger partial charge in [0.15, 0.2) is 0 Å². The molecule has 0 N–H and O–H groups in total. The molecule has 55 heavy (non-hydrogen) atoms. The molecule has 6 heteroatoms. The maximum Gasteiger partial charge on any atom is 0.416 e. The van der Waals surface area contributed by atoms with E-state index >= 15 is 0 Å². The number of benzene rings is 5. The van der Waals surface area contributed by atoms with Crippen molar-refractivity contribution in [2.24, 2.45) is 0 Å². The molecule has 0 fully saturated rings. The molecule has 0 saturated carbocycles. The van der Waals surface area contributed by atoms with Gasteiger partial charge in [0.2, 0.25) is 0 Å². The highest BCUT2D eigenvalue weighted by atomic mass is 19.4. The van der Waals surface area contributed by atoms with Gasteiger partial charge in [-0.1, -0.05) is 86.7 Å². The summed E-state index contributed by atoms with van der Waals surface area (Å²) in [7, 11) is 0. The maximum absolute atomic E-state index is 13.8. The van der Waals surface area contributed by atoms with Gasteiger partial charge in [-0.2, -0.15) is 13.2 Å². The molecule has 0 aromatic heterocycles. The lowest BCUT2D eigenvalue weighted by Gasteiger charge is -2.34. The predicted octanol–water partition coefficient (Wildman–Crippen LogP) is 13.5. The minimum absolute atomic E-state index is 0.243. The van der Waals surface area contributed by atoms with Crippen LogP contribution in [0.4, 0.5) is 30.2 Å². The average Bonchev–Trinajstić information content (AvgIpc) is 3.59. The molecule has 3 nitrogen and oxygen atoms in total. The van der Waals surface area contributed by atoms with E-state index in [1.807, 2.05) is 0 Å². The second kappa shape index (κ2) is 16.1. The second-order valence-corrected chi connectivity index (χ2v) is 15.3. The third kappa shape index (κ3) is 7.42. The number of alkyl halides is 3. The number of fused-ring (bicyclic) bond motifs is 6. The lowest BCUT2D eigenvalue weighted by atomic mass is 9.70. The van der Waals surface area contributed by atoms with Crippen LogP contribution in [0.15, 0.2) is 135 Å². The first-order valence-electron chi connectivity index (χ1n) is 19.4. The number of ether oxygens (including phenoxy) is 2. The molecule has 0 spiro atoms. The first kappa shape index (κ1) is 38.4. The summed E-state index contributed by atoms with van der Waals surface area (Å²) in [4.78, 5) is 2.12. The molecule has 2 aliphatic carbocycles. The van der Waals surface area contributed by atoms with Gasteiger partial charge in [-0.05, 0) is 132 Å². The van der Waals surface area contributed by atoms with Gasteiger partial charge in [0.1, 0.15) is 0 Å². The fourth-order valence-electron chi connectivity index (χ4n) is 8.92. The van der Waals surface area contributed by atoms with E-state index in [0.29, 0.717) is 32.1 Å².